The lowest BCUT2D eigenvalue weighted by Crippen LogP contribution is -2.60. The molecule has 206 valence electrons. The molecule has 0 aliphatic carbocycles. The zero-order valence-corrected chi connectivity index (χ0v) is 21.0. The number of H-pyrrole nitrogens is 1. The molecule has 1 saturated heterocycles. The molecule has 1 fully saturated rings. The Hall–Kier alpha value is -2.77. The highest BCUT2D eigenvalue weighted by molar-refractivity contribution is 5.89. The molecule has 1 aromatic carbocycles. The minimum absolute atomic E-state index is 0.113. The van der Waals surface area contributed by atoms with Gasteiger partial charge in [0.15, 0.2) is 6.29 Å². The van der Waals surface area contributed by atoms with Crippen molar-refractivity contribution in [2.45, 2.75) is 55.9 Å². The molecule has 0 bridgehead atoms. The predicted octanol–water partition coefficient (Wildman–Crippen LogP) is 0.393. The lowest BCUT2D eigenvalue weighted by molar-refractivity contribution is -0.339. The summed E-state index contributed by atoms with van der Waals surface area (Å²) in [5.41, 5.74) is 3.66. The van der Waals surface area contributed by atoms with Gasteiger partial charge >= 0.3 is 5.97 Å². The van der Waals surface area contributed by atoms with Crippen LogP contribution in [0.25, 0.3) is 10.9 Å². The van der Waals surface area contributed by atoms with E-state index in [9.17, 15) is 25.2 Å². The van der Waals surface area contributed by atoms with Crippen molar-refractivity contribution in [2.24, 2.45) is 11.8 Å². The average Bonchev–Trinajstić information content (AvgIpc) is 3.33. The maximum Gasteiger partial charge on any atom is 0.337 e. The van der Waals surface area contributed by atoms with Gasteiger partial charge in [0, 0.05) is 34.5 Å². The second kappa shape index (κ2) is 11.1. The molecule has 3 aliphatic heterocycles. The number of aliphatic hydroxyl groups is 4. The van der Waals surface area contributed by atoms with Gasteiger partial charge in [-0.3, -0.25) is 0 Å². The van der Waals surface area contributed by atoms with Crippen molar-refractivity contribution in [2.75, 3.05) is 20.3 Å². The number of aromatic nitrogens is 1. The summed E-state index contributed by atoms with van der Waals surface area (Å²) in [7, 11) is 1.30. The van der Waals surface area contributed by atoms with E-state index in [2.05, 4.69) is 22.9 Å². The van der Waals surface area contributed by atoms with Gasteiger partial charge in [-0.15, -0.1) is 6.58 Å². The number of esters is 1. The molecule has 38 heavy (non-hydrogen) atoms. The molecule has 11 heteroatoms. The van der Waals surface area contributed by atoms with Crippen molar-refractivity contribution >= 4 is 16.9 Å². The number of ether oxygens (including phenoxy) is 4. The third kappa shape index (κ3) is 4.75. The lowest BCUT2D eigenvalue weighted by atomic mass is 9.78. The van der Waals surface area contributed by atoms with Gasteiger partial charge in [0.05, 0.1) is 25.6 Å². The highest BCUT2D eigenvalue weighted by Gasteiger charge is 2.48. The number of nitrogens with one attached hydrogen (secondary N) is 2. The van der Waals surface area contributed by atoms with E-state index in [1.807, 2.05) is 18.2 Å². The second-order valence-corrected chi connectivity index (χ2v) is 9.88. The Kier molecular flexibility index (Phi) is 7.87. The monoisotopic (exact) mass is 530 g/mol. The van der Waals surface area contributed by atoms with Gasteiger partial charge in [-0.1, -0.05) is 24.3 Å². The summed E-state index contributed by atoms with van der Waals surface area (Å²) >= 11 is 0. The van der Waals surface area contributed by atoms with Gasteiger partial charge in [-0.2, -0.15) is 0 Å². The third-order valence-corrected chi connectivity index (χ3v) is 7.77. The van der Waals surface area contributed by atoms with Crippen LogP contribution in [-0.4, -0.2) is 88.6 Å². The SMILES string of the molecule is C=C[C@H]1C(O[C@@H]2O[C@H](CO)[C@@H](O)[C@H](O)[C@H]2O)OC=C(C(=O)OC)[C@H]1C[C@H]1NCCc2c1[nH]c1ccccc21. The van der Waals surface area contributed by atoms with E-state index in [4.69, 9.17) is 18.9 Å². The first-order chi connectivity index (χ1) is 18.4. The van der Waals surface area contributed by atoms with Crippen molar-refractivity contribution in [3.05, 3.63) is 60.0 Å². The minimum Gasteiger partial charge on any atom is -0.471 e. The standard InChI is InChI=1S/C27H34N2O9/c1-3-13-16(10-19-21-15(8-9-28-19)14-6-4-5-7-18(14)29-21)17(25(34)35-2)12-36-26(13)38-27-24(33)23(32)22(31)20(11-30)37-27/h3-7,12-13,16,19-20,22-24,26-33H,1,8-11H2,2H3/t13-,16+,19-,20-,22-,23+,24-,26?,27+/m1/s1. The molecule has 0 saturated carbocycles. The molecular weight excluding hydrogens is 496 g/mol. The van der Waals surface area contributed by atoms with Crippen molar-refractivity contribution < 1.29 is 44.2 Å². The Morgan fingerprint density at radius 1 is 1.18 bits per heavy atom. The number of benzene rings is 1. The zero-order chi connectivity index (χ0) is 27.0. The second-order valence-electron chi connectivity index (χ2n) is 9.88. The van der Waals surface area contributed by atoms with Crippen LogP contribution in [0.4, 0.5) is 0 Å². The van der Waals surface area contributed by atoms with Crippen LogP contribution in [0.3, 0.4) is 0 Å². The van der Waals surface area contributed by atoms with Crippen LogP contribution in [0.5, 0.6) is 0 Å². The average molecular weight is 531 g/mol. The molecule has 9 atom stereocenters. The largest absolute Gasteiger partial charge is 0.471 e. The maximum absolute atomic E-state index is 12.7. The van der Waals surface area contributed by atoms with Crippen molar-refractivity contribution in [1.82, 2.24) is 10.3 Å². The first-order valence-corrected chi connectivity index (χ1v) is 12.7. The van der Waals surface area contributed by atoms with E-state index in [1.54, 1.807) is 6.08 Å². The van der Waals surface area contributed by atoms with Gasteiger partial charge in [0.2, 0.25) is 6.29 Å². The van der Waals surface area contributed by atoms with Crippen molar-refractivity contribution in [1.29, 1.82) is 0 Å². The quantitative estimate of drug-likeness (QED) is 0.218. The number of para-hydroxylation sites is 1. The van der Waals surface area contributed by atoms with Crippen LogP contribution >= 0.6 is 0 Å². The van der Waals surface area contributed by atoms with E-state index in [1.165, 1.54) is 24.3 Å². The van der Waals surface area contributed by atoms with E-state index in [-0.39, 0.29) is 6.04 Å². The highest BCUT2D eigenvalue weighted by Crippen LogP contribution is 2.42. The van der Waals surface area contributed by atoms with E-state index in [0.717, 1.165) is 24.2 Å². The van der Waals surface area contributed by atoms with Crippen LogP contribution in [0.2, 0.25) is 0 Å². The summed E-state index contributed by atoms with van der Waals surface area (Å²) in [4.78, 5) is 16.3. The third-order valence-electron chi connectivity index (χ3n) is 7.77. The maximum atomic E-state index is 12.7. The number of hydrogen-bond donors (Lipinski definition) is 6. The summed E-state index contributed by atoms with van der Waals surface area (Å²) in [6.07, 6.45) is -4.03. The molecule has 0 amide bonds. The van der Waals surface area contributed by atoms with Gasteiger partial charge in [-0.25, -0.2) is 4.79 Å². The summed E-state index contributed by atoms with van der Waals surface area (Å²) in [5.74, 6) is -1.56. The Balaban J connectivity index is 1.43. The first-order valence-electron chi connectivity index (χ1n) is 12.7. The number of hydrogen-bond acceptors (Lipinski definition) is 10. The summed E-state index contributed by atoms with van der Waals surface area (Å²) in [6, 6.07) is 8.02. The van der Waals surface area contributed by atoms with E-state index < -0.39 is 61.4 Å². The molecular formula is C27H34N2O9. The number of aromatic amines is 1. The van der Waals surface area contributed by atoms with E-state index in [0.29, 0.717) is 12.0 Å². The van der Waals surface area contributed by atoms with Gasteiger partial charge in [0.25, 0.3) is 0 Å². The van der Waals surface area contributed by atoms with Crippen molar-refractivity contribution in [3.63, 3.8) is 0 Å². The number of aliphatic hydroxyl groups excluding tert-OH is 4. The number of carbonyl (C=O) groups is 1. The Morgan fingerprint density at radius 3 is 2.71 bits per heavy atom. The fraction of sp³-hybridized carbons (Fsp3) is 0.519. The van der Waals surface area contributed by atoms with Crippen LogP contribution < -0.4 is 5.32 Å². The molecule has 3 aliphatic rings. The van der Waals surface area contributed by atoms with Crippen LogP contribution in [0.15, 0.2) is 48.8 Å². The normalized spacial score (nSPS) is 35.2. The number of methoxy groups -OCH3 is 1. The molecule has 1 unspecified atom stereocenters. The topological polar surface area (TPSA) is 163 Å². The number of fused-ring (bicyclic) bond motifs is 3. The molecule has 0 radical (unpaired) electrons. The van der Waals surface area contributed by atoms with Gasteiger partial charge in [0.1, 0.15) is 24.4 Å². The fourth-order valence-corrected chi connectivity index (χ4v) is 5.74. The summed E-state index contributed by atoms with van der Waals surface area (Å²) in [6.45, 7) is 4.13. The summed E-state index contributed by atoms with van der Waals surface area (Å²) in [5, 5.41) is 45.0. The highest BCUT2D eigenvalue weighted by atomic mass is 16.8. The molecule has 11 nitrogen and oxygen atoms in total. The predicted molar refractivity (Wildman–Crippen MR) is 134 cm³/mol. The molecule has 4 heterocycles. The summed E-state index contributed by atoms with van der Waals surface area (Å²) < 4.78 is 22.2. The molecule has 1 aromatic heterocycles. The fourth-order valence-electron chi connectivity index (χ4n) is 5.74. The van der Waals surface area contributed by atoms with Gasteiger partial charge in [-0.05, 0) is 31.0 Å². The Labute approximate surface area is 219 Å². The first kappa shape index (κ1) is 26.8. The smallest absolute Gasteiger partial charge is 0.337 e. The molecule has 2 aromatic rings. The van der Waals surface area contributed by atoms with Crippen LogP contribution in [-0.2, 0) is 30.2 Å². The molecule has 6 N–H and O–H groups in total. The van der Waals surface area contributed by atoms with E-state index >= 15 is 0 Å². The molecule has 5 rings (SSSR count). The minimum atomic E-state index is -1.60. The lowest BCUT2D eigenvalue weighted by Gasteiger charge is -2.43. The van der Waals surface area contributed by atoms with Crippen LogP contribution in [0, 0.1) is 11.8 Å². The number of rotatable bonds is 7. The van der Waals surface area contributed by atoms with Gasteiger partial charge < -0.3 is 49.7 Å². The van der Waals surface area contributed by atoms with Crippen LogP contribution in [0.1, 0.15) is 23.7 Å². The number of carbonyl (C=O) groups excluding carboxylic acids is 1. The Bertz CT molecular complexity index is 1190. The Morgan fingerprint density at radius 2 is 1.97 bits per heavy atom. The van der Waals surface area contributed by atoms with Crippen molar-refractivity contribution in [3.8, 4) is 0 Å². The molecule has 0 spiro atoms. The zero-order valence-electron chi connectivity index (χ0n) is 21.0.